The van der Waals surface area contributed by atoms with Crippen molar-refractivity contribution in [1.82, 2.24) is 9.88 Å². The van der Waals surface area contributed by atoms with Gasteiger partial charge in [-0.25, -0.2) is 9.78 Å². The number of hydrogen-bond donors (Lipinski definition) is 0. The summed E-state index contributed by atoms with van der Waals surface area (Å²) in [6.07, 6.45) is 0.718. The molecule has 0 unspecified atom stereocenters. The highest BCUT2D eigenvalue weighted by Gasteiger charge is 2.22. The van der Waals surface area contributed by atoms with Gasteiger partial charge in [0, 0.05) is 25.2 Å². The number of carbonyl (C=O) groups is 2. The standard InChI is InChI=1S/C17H17ClN2O3S/c1-11(16(21)20(2)3)23-17(22)12-7-6-10-19-15(12)24-14-9-5-4-8-13(14)18/h4-11H,1-3H3/t11-/m0/s1. The summed E-state index contributed by atoms with van der Waals surface area (Å²) in [5.41, 5.74) is 0.292. The van der Waals surface area contributed by atoms with Gasteiger partial charge < -0.3 is 9.64 Å². The van der Waals surface area contributed by atoms with Crippen molar-refractivity contribution in [2.24, 2.45) is 0 Å². The molecule has 24 heavy (non-hydrogen) atoms. The molecule has 0 N–H and O–H groups in total. The van der Waals surface area contributed by atoms with Crippen molar-refractivity contribution in [2.45, 2.75) is 22.9 Å². The summed E-state index contributed by atoms with van der Waals surface area (Å²) in [4.78, 5) is 30.6. The van der Waals surface area contributed by atoms with E-state index in [1.165, 1.54) is 23.6 Å². The molecule has 2 rings (SSSR count). The van der Waals surface area contributed by atoms with Crippen LogP contribution < -0.4 is 0 Å². The molecule has 0 bridgehead atoms. The number of likely N-dealkylation sites (N-methyl/N-ethyl adjacent to an activating group) is 1. The molecule has 1 heterocycles. The second kappa shape index (κ2) is 8.17. The minimum Gasteiger partial charge on any atom is -0.449 e. The molecule has 0 radical (unpaired) electrons. The molecule has 0 aliphatic heterocycles. The van der Waals surface area contributed by atoms with Crippen molar-refractivity contribution in [3.8, 4) is 0 Å². The highest BCUT2D eigenvalue weighted by molar-refractivity contribution is 7.99. The zero-order chi connectivity index (χ0) is 17.7. The van der Waals surface area contributed by atoms with Crippen molar-refractivity contribution < 1.29 is 14.3 Å². The maximum Gasteiger partial charge on any atom is 0.341 e. The monoisotopic (exact) mass is 364 g/mol. The molecule has 0 fully saturated rings. The van der Waals surface area contributed by atoms with Gasteiger partial charge in [-0.2, -0.15) is 0 Å². The predicted molar refractivity (Wildman–Crippen MR) is 93.4 cm³/mol. The van der Waals surface area contributed by atoms with E-state index >= 15 is 0 Å². The number of hydrogen-bond acceptors (Lipinski definition) is 5. The quantitative estimate of drug-likeness (QED) is 0.760. The number of rotatable bonds is 5. The van der Waals surface area contributed by atoms with Gasteiger partial charge in [0.05, 0.1) is 10.6 Å². The fraction of sp³-hybridized carbons (Fsp3) is 0.235. The Bertz CT molecular complexity index is 752. The Morgan fingerprint density at radius 1 is 1.21 bits per heavy atom. The Morgan fingerprint density at radius 3 is 2.58 bits per heavy atom. The predicted octanol–water partition coefficient (Wildman–Crippen LogP) is 3.52. The molecule has 0 aliphatic carbocycles. The van der Waals surface area contributed by atoms with Gasteiger partial charge >= 0.3 is 5.97 Å². The van der Waals surface area contributed by atoms with E-state index in [9.17, 15) is 9.59 Å². The van der Waals surface area contributed by atoms with Crippen LogP contribution in [0.5, 0.6) is 0 Å². The van der Waals surface area contributed by atoms with Gasteiger partial charge in [0.1, 0.15) is 5.03 Å². The van der Waals surface area contributed by atoms with Gasteiger partial charge in [0.15, 0.2) is 6.10 Å². The van der Waals surface area contributed by atoms with Crippen molar-refractivity contribution in [1.29, 1.82) is 0 Å². The van der Waals surface area contributed by atoms with E-state index in [0.717, 1.165) is 4.90 Å². The van der Waals surface area contributed by atoms with E-state index in [4.69, 9.17) is 16.3 Å². The van der Waals surface area contributed by atoms with Crippen LogP contribution in [-0.2, 0) is 9.53 Å². The minimum atomic E-state index is -0.870. The van der Waals surface area contributed by atoms with Gasteiger partial charge in [-0.15, -0.1) is 0 Å². The fourth-order valence-electron chi connectivity index (χ4n) is 1.90. The van der Waals surface area contributed by atoms with Crippen molar-refractivity contribution in [3.63, 3.8) is 0 Å². The van der Waals surface area contributed by atoms with Crippen LogP contribution in [0, 0.1) is 0 Å². The van der Waals surface area contributed by atoms with Crippen LogP contribution in [0.3, 0.4) is 0 Å². The highest BCUT2D eigenvalue weighted by atomic mass is 35.5. The molecular formula is C17H17ClN2O3S. The van der Waals surface area contributed by atoms with Crippen LogP contribution in [0.4, 0.5) is 0 Å². The first-order valence-electron chi connectivity index (χ1n) is 7.19. The first kappa shape index (κ1) is 18.3. The number of benzene rings is 1. The van der Waals surface area contributed by atoms with E-state index in [1.807, 2.05) is 18.2 Å². The molecule has 126 valence electrons. The number of nitrogens with zero attached hydrogens (tertiary/aromatic N) is 2. The number of esters is 1. The molecule has 1 amide bonds. The average molecular weight is 365 g/mol. The third-order valence-corrected chi connectivity index (χ3v) is 4.64. The van der Waals surface area contributed by atoms with E-state index in [-0.39, 0.29) is 5.91 Å². The number of amides is 1. The Kier molecular flexibility index (Phi) is 6.23. The summed E-state index contributed by atoms with van der Waals surface area (Å²) in [5, 5.41) is 1.05. The topological polar surface area (TPSA) is 59.5 Å². The van der Waals surface area contributed by atoms with Crippen LogP contribution in [0.25, 0.3) is 0 Å². The van der Waals surface area contributed by atoms with Crippen LogP contribution >= 0.6 is 23.4 Å². The molecular weight excluding hydrogens is 348 g/mol. The molecule has 1 aromatic heterocycles. The number of carbonyl (C=O) groups excluding carboxylic acids is 2. The van der Waals surface area contributed by atoms with Crippen LogP contribution in [-0.4, -0.2) is 42.0 Å². The first-order valence-corrected chi connectivity index (χ1v) is 8.39. The zero-order valence-electron chi connectivity index (χ0n) is 13.5. The number of pyridine rings is 1. The molecule has 7 heteroatoms. The van der Waals surface area contributed by atoms with E-state index < -0.39 is 12.1 Å². The lowest BCUT2D eigenvalue weighted by Crippen LogP contribution is -2.35. The largest absolute Gasteiger partial charge is 0.449 e. The molecule has 0 spiro atoms. The normalized spacial score (nSPS) is 11.7. The van der Waals surface area contributed by atoms with Crippen molar-refractivity contribution in [2.75, 3.05) is 14.1 Å². The number of halogens is 1. The SMILES string of the molecule is C[C@H](OC(=O)c1cccnc1Sc1ccccc1Cl)C(=O)N(C)C. The van der Waals surface area contributed by atoms with Crippen LogP contribution in [0.2, 0.25) is 5.02 Å². The lowest BCUT2D eigenvalue weighted by atomic mass is 10.3. The Labute approximate surface area is 150 Å². The summed E-state index contributed by atoms with van der Waals surface area (Å²) in [6, 6.07) is 10.5. The summed E-state index contributed by atoms with van der Waals surface area (Å²) >= 11 is 7.42. The lowest BCUT2D eigenvalue weighted by Gasteiger charge is -2.17. The Hall–Kier alpha value is -2.05. The van der Waals surface area contributed by atoms with Gasteiger partial charge in [-0.1, -0.05) is 35.5 Å². The maximum absolute atomic E-state index is 12.4. The van der Waals surface area contributed by atoms with Gasteiger partial charge in [0.25, 0.3) is 5.91 Å². The lowest BCUT2D eigenvalue weighted by molar-refractivity contribution is -0.137. The van der Waals surface area contributed by atoms with Crippen molar-refractivity contribution >= 4 is 35.2 Å². The van der Waals surface area contributed by atoms with Gasteiger partial charge in [-0.05, 0) is 31.2 Å². The second-order valence-electron chi connectivity index (χ2n) is 5.17. The third-order valence-electron chi connectivity index (χ3n) is 3.11. The first-order chi connectivity index (χ1) is 11.4. The minimum absolute atomic E-state index is 0.285. The zero-order valence-corrected chi connectivity index (χ0v) is 15.1. The van der Waals surface area contributed by atoms with E-state index in [0.29, 0.717) is 15.6 Å². The summed E-state index contributed by atoms with van der Waals surface area (Å²) < 4.78 is 5.25. The molecule has 1 aromatic carbocycles. The Balaban J connectivity index is 2.21. The Morgan fingerprint density at radius 2 is 1.92 bits per heavy atom. The average Bonchev–Trinajstić information content (AvgIpc) is 2.56. The van der Waals surface area contributed by atoms with Crippen molar-refractivity contribution in [3.05, 3.63) is 53.2 Å². The molecule has 1 atom stereocenters. The van der Waals surface area contributed by atoms with Crippen LogP contribution in [0.1, 0.15) is 17.3 Å². The van der Waals surface area contributed by atoms with Gasteiger partial charge in [-0.3, -0.25) is 4.79 Å². The maximum atomic E-state index is 12.4. The molecule has 2 aromatic rings. The smallest absolute Gasteiger partial charge is 0.341 e. The van der Waals surface area contributed by atoms with E-state index in [1.54, 1.807) is 38.5 Å². The summed E-state index contributed by atoms with van der Waals surface area (Å²) in [5.74, 6) is -0.882. The highest BCUT2D eigenvalue weighted by Crippen LogP contribution is 2.33. The second-order valence-corrected chi connectivity index (χ2v) is 6.61. The fourth-order valence-corrected chi connectivity index (χ4v) is 3.04. The number of ether oxygens (including phenoxy) is 1. The molecule has 5 nitrogen and oxygen atoms in total. The van der Waals surface area contributed by atoms with Crippen LogP contribution in [0.15, 0.2) is 52.5 Å². The third kappa shape index (κ3) is 4.49. The van der Waals surface area contributed by atoms with E-state index in [2.05, 4.69) is 4.98 Å². The molecule has 0 saturated heterocycles. The molecule has 0 saturated carbocycles. The molecule has 0 aliphatic rings. The summed E-state index contributed by atoms with van der Waals surface area (Å²) in [6.45, 7) is 1.54. The number of aromatic nitrogens is 1. The van der Waals surface area contributed by atoms with Gasteiger partial charge in [0.2, 0.25) is 0 Å². The summed E-state index contributed by atoms with van der Waals surface area (Å²) in [7, 11) is 3.21.